The first-order chi connectivity index (χ1) is 9.60. The second-order valence-electron chi connectivity index (χ2n) is 4.58. The smallest absolute Gasteiger partial charge is 0.354 e. The first-order valence-corrected chi connectivity index (χ1v) is 6.49. The molecule has 0 fully saturated rings. The zero-order valence-electron chi connectivity index (χ0n) is 12.2. The van der Waals surface area contributed by atoms with Crippen LogP contribution in [0.25, 0.3) is 0 Å². The molecule has 0 aromatic carbocycles. The van der Waals surface area contributed by atoms with Crippen molar-refractivity contribution in [3.63, 3.8) is 0 Å². The molecule has 6 nitrogen and oxygen atoms in total. The molecule has 0 bridgehead atoms. The highest BCUT2D eigenvalue weighted by Crippen LogP contribution is 2.12. The number of aromatic carboxylic acids is 1. The Morgan fingerprint density at radius 3 is 2.80 bits per heavy atom. The first-order valence-electron chi connectivity index (χ1n) is 6.49. The van der Waals surface area contributed by atoms with Crippen molar-refractivity contribution in [1.82, 2.24) is 9.88 Å². The van der Waals surface area contributed by atoms with Crippen LogP contribution in [0.1, 0.15) is 23.0 Å². The van der Waals surface area contributed by atoms with Gasteiger partial charge in [0.2, 0.25) is 0 Å². The summed E-state index contributed by atoms with van der Waals surface area (Å²) in [6.45, 7) is 4.40. The highest BCUT2D eigenvalue weighted by molar-refractivity contribution is 5.86. The predicted molar refractivity (Wildman–Crippen MR) is 74.8 cm³/mol. The average molecular weight is 282 g/mol. The van der Waals surface area contributed by atoms with E-state index in [0.717, 1.165) is 0 Å². The van der Waals surface area contributed by atoms with Crippen molar-refractivity contribution < 1.29 is 19.4 Å². The van der Waals surface area contributed by atoms with Crippen LogP contribution >= 0.6 is 0 Å². The van der Waals surface area contributed by atoms with Gasteiger partial charge in [0, 0.05) is 39.5 Å². The lowest BCUT2D eigenvalue weighted by Crippen LogP contribution is -2.38. The van der Waals surface area contributed by atoms with E-state index >= 15 is 0 Å². The molecule has 0 aliphatic rings. The van der Waals surface area contributed by atoms with Gasteiger partial charge in [0.25, 0.3) is 0 Å². The standard InChI is InChI=1S/C14H22N2O4/c1-11(10-20-3)16(7-8-19-2)9-12-5-4-6-15-13(12)14(17)18/h4-6,11H,7-10H2,1-3H3,(H,17,18). The summed E-state index contributed by atoms with van der Waals surface area (Å²) in [6.07, 6.45) is 1.49. The van der Waals surface area contributed by atoms with Crippen molar-refractivity contribution in [2.75, 3.05) is 34.0 Å². The van der Waals surface area contributed by atoms with Gasteiger partial charge in [0.05, 0.1) is 13.2 Å². The number of hydrogen-bond donors (Lipinski definition) is 1. The van der Waals surface area contributed by atoms with E-state index in [1.54, 1.807) is 26.4 Å². The van der Waals surface area contributed by atoms with Gasteiger partial charge in [-0.05, 0) is 18.6 Å². The van der Waals surface area contributed by atoms with Crippen LogP contribution in [0.4, 0.5) is 0 Å². The molecule has 1 aromatic heterocycles. The highest BCUT2D eigenvalue weighted by atomic mass is 16.5. The third kappa shape index (κ3) is 4.88. The Hall–Kier alpha value is -1.50. The molecule has 1 heterocycles. The lowest BCUT2D eigenvalue weighted by Gasteiger charge is -2.28. The number of rotatable bonds is 9. The van der Waals surface area contributed by atoms with Crippen LogP contribution in [-0.4, -0.2) is 61.0 Å². The normalized spacial score (nSPS) is 12.6. The Morgan fingerprint density at radius 2 is 2.20 bits per heavy atom. The maximum Gasteiger partial charge on any atom is 0.354 e. The maximum absolute atomic E-state index is 11.2. The average Bonchev–Trinajstić information content (AvgIpc) is 2.43. The molecule has 1 aromatic rings. The number of carboxylic acids is 1. The van der Waals surface area contributed by atoms with Crippen molar-refractivity contribution in [2.24, 2.45) is 0 Å². The Kier molecular flexibility index (Phi) is 7.14. The molecule has 0 amide bonds. The number of carboxylic acid groups (broad SMARTS) is 1. The second-order valence-corrected chi connectivity index (χ2v) is 4.58. The van der Waals surface area contributed by atoms with E-state index < -0.39 is 5.97 Å². The topological polar surface area (TPSA) is 71.9 Å². The number of carbonyl (C=O) groups is 1. The molecular weight excluding hydrogens is 260 g/mol. The van der Waals surface area contributed by atoms with Gasteiger partial charge in [-0.2, -0.15) is 0 Å². The minimum Gasteiger partial charge on any atom is -0.477 e. The van der Waals surface area contributed by atoms with Crippen LogP contribution in [0.3, 0.4) is 0 Å². The lowest BCUT2D eigenvalue weighted by atomic mass is 10.1. The quantitative estimate of drug-likeness (QED) is 0.735. The predicted octanol–water partition coefficient (Wildman–Crippen LogP) is 1.26. The lowest BCUT2D eigenvalue weighted by molar-refractivity contribution is 0.0658. The summed E-state index contributed by atoms with van der Waals surface area (Å²) in [6, 6.07) is 3.70. The summed E-state index contributed by atoms with van der Waals surface area (Å²) in [5.74, 6) is -1.01. The van der Waals surface area contributed by atoms with Crippen LogP contribution < -0.4 is 0 Å². The summed E-state index contributed by atoms with van der Waals surface area (Å²) in [4.78, 5) is 17.2. The Labute approximate surface area is 119 Å². The van der Waals surface area contributed by atoms with E-state index in [0.29, 0.717) is 31.9 Å². The summed E-state index contributed by atoms with van der Waals surface area (Å²) in [5, 5.41) is 9.17. The molecule has 112 valence electrons. The summed E-state index contributed by atoms with van der Waals surface area (Å²) in [5.41, 5.74) is 0.790. The molecule has 1 atom stereocenters. The number of pyridine rings is 1. The third-order valence-corrected chi connectivity index (χ3v) is 3.08. The fourth-order valence-corrected chi connectivity index (χ4v) is 1.99. The van der Waals surface area contributed by atoms with Crippen LogP contribution in [0, 0.1) is 0 Å². The van der Waals surface area contributed by atoms with Crippen molar-refractivity contribution in [3.05, 3.63) is 29.6 Å². The first kappa shape index (κ1) is 16.6. The van der Waals surface area contributed by atoms with Crippen molar-refractivity contribution in [1.29, 1.82) is 0 Å². The Bertz CT molecular complexity index is 425. The number of hydrogen-bond acceptors (Lipinski definition) is 5. The Morgan fingerprint density at radius 1 is 1.45 bits per heavy atom. The van der Waals surface area contributed by atoms with Gasteiger partial charge in [-0.3, -0.25) is 4.90 Å². The number of methoxy groups -OCH3 is 2. The van der Waals surface area contributed by atoms with Crippen LogP contribution in [-0.2, 0) is 16.0 Å². The SMILES string of the molecule is COCCN(Cc1cccnc1C(=O)O)C(C)COC. The van der Waals surface area contributed by atoms with Gasteiger partial charge in [0.15, 0.2) is 5.69 Å². The minimum atomic E-state index is -1.01. The van der Waals surface area contributed by atoms with Crippen molar-refractivity contribution in [2.45, 2.75) is 19.5 Å². The zero-order chi connectivity index (χ0) is 15.0. The molecule has 6 heteroatoms. The van der Waals surface area contributed by atoms with E-state index in [1.165, 1.54) is 6.20 Å². The summed E-state index contributed by atoms with van der Waals surface area (Å²) >= 11 is 0. The van der Waals surface area contributed by atoms with Crippen molar-refractivity contribution in [3.8, 4) is 0 Å². The monoisotopic (exact) mass is 282 g/mol. The van der Waals surface area contributed by atoms with Crippen LogP contribution in [0.5, 0.6) is 0 Å². The van der Waals surface area contributed by atoms with Gasteiger partial charge in [-0.15, -0.1) is 0 Å². The number of nitrogens with zero attached hydrogens (tertiary/aromatic N) is 2. The largest absolute Gasteiger partial charge is 0.477 e. The van der Waals surface area contributed by atoms with Crippen LogP contribution in [0.15, 0.2) is 18.3 Å². The van der Waals surface area contributed by atoms with Crippen molar-refractivity contribution >= 4 is 5.97 Å². The molecule has 0 saturated heterocycles. The highest BCUT2D eigenvalue weighted by Gasteiger charge is 2.18. The molecule has 1 unspecified atom stereocenters. The molecule has 0 aliphatic heterocycles. The molecule has 0 radical (unpaired) electrons. The fourth-order valence-electron chi connectivity index (χ4n) is 1.99. The molecule has 20 heavy (non-hydrogen) atoms. The van der Waals surface area contributed by atoms with Crippen LogP contribution in [0.2, 0.25) is 0 Å². The van der Waals surface area contributed by atoms with E-state index in [4.69, 9.17) is 14.6 Å². The maximum atomic E-state index is 11.2. The number of aromatic nitrogens is 1. The molecule has 0 spiro atoms. The molecular formula is C14H22N2O4. The van der Waals surface area contributed by atoms with Gasteiger partial charge >= 0.3 is 5.97 Å². The van der Waals surface area contributed by atoms with E-state index in [9.17, 15) is 4.79 Å². The van der Waals surface area contributed by atoms with Gasteiger partial charge in [-0.1, -0.05) is 6.07 Å². The van der Waals surface area contributed by atoms with E-state index in [2.05, 4.69) is 9.88 Å². The van der Waals surface area contributed by atoms with Gasteiger partial charge in [0.1, 0.15) is 0 Å². The van der Waals surface area contributed by atoms with Gasteiger partial charge < -0.3 is 14.6 Å². The molecule has 1 N–H and O–H groups in total. The van der Waals surface area contributed by atoms with E-state index in [-0.39, 0.29) is 11.7 Å². The Balaban J connectivity index is 2.85. The fraction of sp³-hybridized carbons (Fsp3) is 0.571. The van der Waals surface area contributed by atoms with E-state index in [1.807, 2.05) is 6.92 Å². The molecule has 1 rings (SSSR count). The third-order valence-electron chi connectivity index (χ3n) is 3.08. The summed E-state index contributed by atoms with van der Waals surface area (Å²) in [7, 11) is 3.30. The number of ether oxygens (including phenoxy) is 2. The summed E-state index contributed by atoms with van der Waals surface area (Å²) < 4.78 is 10.3. The minimum absolute atomic E-state index is 0.0968. The molecule has 0 saturated carbocycles. The zero-order valence-corrected chi connectivity index (χ0v) is 12.2. The van der Waals surface area contributed by atoms with Gasteiger partial charge in [-0.25, -0.2) is 9.78 Å². The molecule has 0 aliphatic carbocycles. The second kappa shape index (κ2) is 8.63.